The van der Waals surface area contributed by atoms with Crippen LogP contribution in [0.25, 0.3) is 0 Å². The molecule has 1 aromatic rings. The number of rotatable bonds is 2. The molecule has 5 heteroatoms. The zero-order valence-corrected chi connectivity index (χ0v) is 13.7. The Balaban J connectivity index is 1.95. The fraction of sp³-hybridized carbons (Fsp3) is 0.588. The van der Waals surface area contributed by atoms with Crippen LogP contribution in [0.1, 0.15) is 25.3 Å². The number of nitrogens with zero attached hydrogens (tertiary/aromatic N) is 1. The molecule has 0 saturated carbocycles. The number of carbonyl (C=O) groups excluding carboxylic acids is 1. The molecular formula is C17H23ClN2O2. The second-order valence-electron chi connectivity index (χ2n) is 6.28. The Labute approximate surface area is 136 Å². The van der Waals surface area contributed by atoms with E-state index in [0.717, 1.165) is 25.2 Å². The van der Waals surface area contributed by atoms with Crippen molar-refractivity contribution >= 4 is 17.5 Å². The Kier molecular flexibility index (Phi) is 4.71. The number of ether oxygens (including phenoxy) is 1. The average molecular weight is 323 g/mol. The Hall–Kier alpha value is -1.10. The van der Waals surface area contributed by atoms with Crippen molar-refractivity contribution in [1.82, 2.24) is 10.2 Å². The molecule has 1 atom stereocenters. The Morgan fingerprint density at radius 2 is 2.09 bits per heavy atom. The minimum absolute atomic E-state index is 0.206. The SMILES string of the molecule is C[C@H]1CN(C(=O)C2(c3ccccc3Cl)CCOCC2)CCN1. The van der Waals surface area contributed by atoms with Gasteiger partial charge in [-0.25, -0.2) is 0 Å². The topological polar surface area (TPSA) is 41.6 Å². The summed E-state index contributed by atoms with van der Waals surface area (Å²) in [6.45, 7) is 5.70. The van der Waals surface area contributed by atoms with Crippen LogP contribution >= 0.6 is 11.6 Å². The van der Waals surface area contributed by atoms with Crippen LogP contribution in [-0.4, -0.2) is 49.7 Å². The van der Waals surface area contributed by atoms with E-state index in [0.29, 0.717) is 37.1 Å². The zero-order valence-electron chi connectivity index (χ0n) is 13.0. The van der Waals surface area contributed by atoms with E-state index >= 15 is 0 Å². The van der Waals surface area contributed by atoms with Crippen LogP contribution < -0.4 is 5.32 Å². The first-order chi connectivity index (χ1) is 10.6. The Bertz CT molecular complexity index is 543. The van der Waals surface area contributed by atoms with Gasteiger partial charge in [0.15, 0.2) is 0 Å². The minimum atomic E-state index is -0.534. The molecule has 2 heterocycles. The van der Waals surface area contributed by atoms with Gasteiger partial charge in [0.1, 0.15) is 0 Å². The lowest BCUT2D eigenvalue weighted by atomic mass is 9.72. The summed E-state index contributed by atoms with van der Waals surface area (Å²) in [5.74, 6) is 0.206. The lowest BCUT2D eigenvalue weighted by molar-refractivity contribution is -0.142. The molecule has 0 unspecified atom stereocenters. The third-order valence-electron chi connectivity index (χ3n) is 4.80. The van der Waals surface area contributed by atoms with E-state index in [2.05, 4.69) is 12.2 Å². The first-order valence-electron chi connectivity index (χ1n) is 7.99. The molecule has 4 nitrogen and oxygen atoms in total. The van der Waals surface area contributed by atoms with Gasteiger partial charge in [0.25, 0.3) is 0 Å². The minimum Gasteiger partial charge on any atom is -0.381 e. The van der Waals surface area contributed by atoms with Crippen LogP contribution in [-0.2, 0) is 14.9 Å². The summed E-state index contributed by atoms with van der Waals surface area (Å²) < 4.78 is 5.52. The summed E-state index contributed by atoms with van der Waals surface area (Å²) in [7, 11) is 0. The van der Waals surface area contributed by atoms with E-state index < -0.39 is 5.41 Å². The number of carbonyl (C=O) groups is 1. The fourth-order valence-corrected chi connectivity index (χ4v) is 3.90. The molecule has 0 aliphatic carbocycles. The van der Waals surface area contributed by atoms with Crippen LogP contribution in [0.2, 0.25) is 5.02 Å². The third-order valence-corrected chi connectivity index (χ3v) is 5.13. The number of benzene rings is 1. The number of hydrogen-bond acceptors (Lipinski definition) is 3. The van der Waals surface area contributed by atoms with E-state index in [9.17, 15) is 4.79 Å². The second kappa shape index (κ2) is 6.57. The number of nitrogens with one attached hydrogen (secondary N) is 1. The average Bonchev–Trinajstić information content (AvgIpc) is 2.55. The first-order valence-corrected chi connectivity index (χ1v) is 8.37. The molecule has 2 fully saturated rings. The van der Waals surface area contributed by atoms with Gasteiger partial charge in [-0.3, -0.25) is 4.79 Å². The molecule has 0 spiro atoms. The summed E-state index contributed by atoms with van der Waals surface area (Å²) in [4.78, 5) is 15.4. The highest BCUT2D eigenvalue weighted by atomic mass is 35.5. The maximum Gasteiger partial charge on any atom is 0.233 e. The number of halogens is 1. The molecule has 0 aromatic heterocycles. The molecule has 1 amide bonds. The molecule has 0 bridgehead atoms. The summed E-state index contributed by atoms with van der Waals surface area (Å²) >= 11 is 6.43. The van der Waals surface area contributed by atoms with E-state index in [1.54, 1.807) is 0 Å². The van der Waals surface area contributed by atoms with Crippen molar-refractivity contribution in [3.63, 3.8) is 0 Å². The van der Waals surface area contributed by atoms with Crippen LogP contribution in [0.15, 0.2) is 24.3 Å². The van der Waals surface area contributed by atoms with Crippen molar-refractivity contribution in [3.05, 3.63) is 34.9 Å². The van der Waals surface area contributed by atoms with Gasteiger partial charge < -0.3 is 15.0 Å². The van der Waals surface area contributed by atoms with Crippen molar-refractivity contribution in [2.24, 2.45) is 0 Å². The van der Waals surface area contributed by atoms with E-state index in [4.69, 9.17) is 16.3 Å². The molecule has 2 saturated heterocycles. The van der Waals surface area contributed by atoms with Gasteiger partial charge in [-0.15, -0.1) is 0 Å². The van der Waals surface area contributed by atoms with E-state index in [1.807, 2.05) is 29.2 Å². The monoisotopic (exact) mass is 322 g/mol. The molecule has 1 N–H and O–H groups in total. The summed E-state index contributed by atoms with van der Waals surface area (Å²) in [6, 6.07) is 8.09. The largest absolute Gasteiger partial charge is 0.381 e. The standard InChI is InChI=1S/C17H23ClN2O2/c1-13-12-20(9-8-19-13)16(21)17(6-10-22-11-7-17)14-4-2-3-5-15(14)18/h2-5,13,19H,6-12H2,1H3/t13-/m0/s1. The van der Waals surface area contributed by atoms with Gasteiger partial charge in [0.05, 0.1) is 5.41 Å². The summed E-state index contributed by atoms with van der Waals surface area (Å²) in [5.41, 5.74) is 0.421. The van der Waals surface area contributed by atoms with Gasteiger partial charge in [-0.2, -0.15) is 0 Å². The lowest BCUT2D eigenvalue weighted by Gasteiger charge is -2.42. The lowest BCUT2D eigenvalue weighted by Crippen LogP contribution is -2.57. The predicted molar refractivity (Wildman–Crippen MR) is 87.2 cm³/mol. The van der Waals surface area contributed by atoms with Gasteiger partial charge in [0, 0.05) is 43.9 Å². The molecule has 0 radical (unpaired) electrons. The maximum atomic E-state index is 13.4. The van der Waals surface area contributed by atoms with Crippen LogP contribution in [0.5, 0.6) is 0 Å². The normalized spacial score (nSPS) is 25.0. The molecule has 2 aliphatic heterocycles. The van der Waals surface area contributed by atoms with Crippen molar-refractivity contribution in [2.45, 2.75) is 31.2 Å². The highest BCUT2D eigenvalue weighted by molar-refractivity contribution is 6.31. The van der Waals surface area contributed by atoms with Crippen molar-refractivity contribution in [3.8, 4) is 0 Å². The van der Waals surface area contributed by atoms with E-state index in [-0.39, 0.29) is 5.91 Å². The third kappa shape index (κ3) is 2.87. The Morgan fingerprint density at radius 3 is 2.77 bits per heavy atom. The van der Waals surface area contributed by atoms with Crippen molar-refractivity contribution < 1.29 is 9.53 Å². The molecule has 2 aliphatic rings. The summed E-state index contributed by atoms with van der Waals surface area (Å²) in [5, 5.41) is 4.07. The smallest absolute Gasteiger partial charge is 0.233 e. The Morgan fingerprint density at radius 1 is 1.36 bits per heavy atom. The highest BCUT2D eigenvalue weighted by Crippen LogP contribution is 2.40. The van der Waals surface area contributed by atoms with Crippen LogP contribution in [0.4, 0.5) is 0 Å². The van der Waals surface area contributed by atoms with Gasteiger partial charge in [-0.1, -0.05) is 29.8 Å². The molecule has 3 rings (SSSR count). The number of hydrogen-bond donors (Lipinski definition) is 1. The first kappa shape index (κ1) is 15.8. The molecular weight excluding hydrogens is 300 g/mol. The molecule has 120 valence electrons. The van der Waals surface area contributed by atoms with Gasteiger partial charge >= 0.3 is 0 Å². The number of amides is 1. The predicted octanol–water partition coefficient (Wildman–Crippen LogP) is 2.21. The van der Waals surface area contributed by atoms with Gasteiger partial charge in [0.2, 0.25) is 5.91 Å². The van der Waals surface area contributed by atoms with Crippen LogP contribution in [0, 0.1) is 0 Å². The van der Waals surface area contributed by atoms with Crippen molar-refractivity contribution in [2.75, 3.05) is 32.8 Å². The molecule has 22 heavy (non-hydrogen) atoms. The van der Waals surface area contributed by atoms with Crippen molar-refractivity contribution in [1.29, 1.82) is 0 Å². The second-order valence-corrected chi connectivity index (χ2v) is 6.69. The van der Waals surface area contributed by atoms with Gasteiger partial charge in [-0.05, 0) is 31.4 Å². The van der Waals surface area contributed by atoms with E-state index in [1.165, 1.54) is 0 Å². The fourth-order valence-electron chi connectivity index (χ4n) is 3.59. The molecule has 1 aromatic carbocycles. The highest BCUT2D eigenvalue weighted by Gasteiger charge is 2.45. The quantitative estimate of drug-likeness (QED) is 0.907. The zero-order chi connectivity index (χ0) is 15.6. The summed E-state index contributed by atoms with van der Waals surface area (Å²) in [6.07, 6.45) is 1.40. The van der Waals surface area contributed by atoms with Crippen LogP contribution in [0.3, 0.4) is 0 Å². The maximum absolute atomic E-state index is 13.4. The number of piperazine rings is 1.